The zero-order valence-electron chi connectivity index (χ0n) is 9.58. The summed E-state index contributed by atoms with van der Waals surface area (Å²) in [6.07, 6.45) is 0. The van der Waals surface area contributed by atoms with Crippen molar-refractivity contribution in [2.75, 3.05) is 11.1 Å². The van der Waals surface area contributed by atoms with E-state index in [9.17, 15) is 9.18 Å². The molecule has 0 aliphatic carbocycles. The van der Waals surface area contributed by atoms with Crippen LogP contribution in [0.1, 0.15) is 10.4 Å². The van der Waals surface area contributed by atoms with Gasteiger partial charge in [0.1, 0.15) is 5.82 Å². The molecule has 0 bridgehead atoms. The van der Waals surface area contributed by atoms with Gasteiger partial charge in [-0.3, -0.25) is 4.79 Å². The van der Waals surface area contributed by atoms with Crippen LogP contribution in [0, 0.1) is 5.82 Å². The Balaban J connectivity index is 2.28. The molecular formula is C13H9BrClFN2O. The van der Waals surface area contributed by atoms with Crippen molar-refractivity contribution >= 4 is 44.8 Å². The minimum atomic E-state index is -0.539. The van der Waals surface area contributed by atoms with Gasteiger partial charge >= 0.3 is 0 Å². The summed E-state index contributed by atoms with van der Waals surface area (Å²) in [6.45, 7) is 0. The Morgan fingerprint density at radius 3 is 2.68 bits per heavy atom. The summed E-state index contributed by atoms with van der Waals surface area (Å²) in [6, 6.07) is 8.88. The zero-order chi connectivity index (χ0) is 14.0. The Kier molecular flexibility index (Phi) is 4.07. The highest BCUT2D eigenvalue weighted by Gasteiger charge is 2.13. The average Bonchev–Trinajstić information content (AvgIpc) is 2.35. The van der Waals surface area contributed by atoms with Crippen LogP contribution in [-0.4, -0.2) is 5.91 Å². The molecule has 0 saturated heterocycles. The third-order valence-corrected chi connectivity index (χ3v) is 3.24. The first-order valence-corrected chi connectivity index (χ1v) is 6.46. The molecule has 0 fully saturated rings. The highest BCUT2D eigenvalue weighted by Crippen LogP contribution is 2.23. The van der Waals surface area contributed by atoms with Crippen molar-refractivity contribution in [2.45, 2.75) is 0 Å². The maximum Gasteiger partial charge on any atom is 0.257 e. The molecule has 6 heteroatoms. The van der Waals surface area contributed by atoms with Crippen LogP contribution in [-0.2, 0) is 0 Å². The van der Waals surface area contributed by atoms with Gasteiger partial charge in [-0.25, -0.2) is 4.39 Å². The molecule has 1 amide bonds. The van der Waals surface area contributed by atoms with Crippen LogP contribution in [0.25, 0.3) is 0 Å². The Bertz CT molecular complexity index is 649. The molecule has 0 unspecified atom stereocenters. The van der Waals surface area contributed by atoms with Crippen LogP contribution < -0.4 is 11.1 Å². The van der Waals surface area contributed by atoms with E-state index in [1.54, 1.807) is 12.1 Å². The summed E-state index contributed by atoms with van der Waals surface area (Å²) in [4.78, 5) is 12.0. The van der Waals surface area contributed by atoms with Crippen LogP contribution in [0.2, 0.25) is 5.02 Å². The summed E-state index contributed by atoms with van der Waals surface area (Å²) in [5.74, 6) is -1.05. The molecule has 0 spiro atoms. The maximum atomic E-state index is 13.6. The van der Waals surface area contributed by atoms with Gasteiger partial charge in [-0.2, -0.15) is 0 Å². The molecule has 0 atom stereocenters. The normalized spacial score (nSPS) is 10.3. The summed E-state index contributed by atoms with van der Waals surface area (Å²) in [5.41, 5.74) is 6.27. The predicted molar refractivity (Wildman–Crippen MR) is 77.9 cm³/mol. The lowest BCUT2D eigenvalue weighted by Gasteiger charge is -2.08. The number of halogens is 3. The zero-order valence-corrected chi connectivity index (χ0v) is 11.9. The van der Waals surface area contributed by atoms with E-state index in [-0.39, 0.29) is 16.3 Å². The van der Waals surface area contributed by atoms with E-state index in [1.165, 1.54) is 24.3 Å². The second kappa shape index (κ2) is 5.59. The summed E-state index contributed by atoms with van der Waals surface area (Å²) >= 11 is 9.04. The molecule has 3 nitrogen and oxygen atoms in total. The van der Waals surface area contributed by atoms with Gasteiger partial charge in [-0.1, -0.05) is 27.5 Å². The number of nitrogen functional groups attached to an aromatic ring is 1. The molecule has 2 aromatic carbocycles. The van der Waals surface area contributed by atoms with Crippen LogP contribution in [0.15, 0.2) is 40.9 Å². The van der Waals surface area contributed by atoms with Gasteiger partial charge in [0.05, 0.1) is 16.3 Å². The van der Waals surface area contributed by atoms with Gasteiger partial charge in [0.2, 0.25) is 0 Å². The lowest BCUT2D eigenvalue weighted by atomic mass is 10.2. The second-order valence-corrected chi connectivity index (χ2v) is 5.14. The van der Waals surface area contributed by atoms with Crippen molar-refractivity contribution in [2.24, 2.45) is 0 Å². The van der Waals surface area contributed by atoms with E-state index in [1.807, 2.05) is 0 Å². The van der Waals surface area contributed by atoms with E-state index in [0.29, 0.717) is 10.2 Å². The SMILES string of the molecule is Nc1ccc(Cl)c(C(=O)Nc2ccc(Br)cc2F)c1. The number of nitrogens with two attached hydrogens (primary N) is 1. The van der Waals surface area contributed by atoms with E-state index in [4.69, 9.17) is 17.3 Å². The van der Waals surface area contributed by atoms with Crippen LogP contribution in [0.3, 0.4) is 0 Å². The van der Waals surface area contributed by atoms with Crippen molar-refractivity contribution in [1.29, 1.82) is 0 Å². The number of amides is 1. The molecule has 0 radical (unpaired) electrons. The van der Waals surface area contributed by atoms with Gasteiger partial charge < -0.3 is 11.1 Å². The molecule has 0 saturated carbocycles. The predicted octanol–water partition coefficient (Wildman–Crippen LogP) is 4.08. The highest BCUT2D eigenvalue weighted by atomic mass is 79.9. The minimum Gasteiger partial charge on any atom is -0.399 e. The summed E-state index contributed by atoms with van der Waals surface area (Å²) in [5, 5.41) is 2.70. The topological polar surface area (TPSA) is 55.1 Å². The quantitative estimate of drug-likeness (QED) is 0.807. The van der Waals surface area contributed by atoms with Gasteiger partial charge in [0, 0.05) is 10.2 Å². The van der Waals surface area contributed by atoms with Crippen LogP contribution in [0.5, 0.6) is 0 Å². The number of anilines is 2. The number of nitrogens with one attached hydrogen (secondary N) is 1. The fraction of sp³-hybridized carbons (Fsp3) is 0. The number of hydrogen-bond acceptors (Lipinski definition) is 2. The highest BCUT2D eigenvalue weighted by molar-refractivity contribution is 9.10. The largest absolute Gasteiger partial charge is 0.399 e. The van der Waals surface area contributed by atoms with E-state index in [0.717, 1.165) is 0 Å². The third-order valence-electron chi connectivity index (χ3n) is 2.41. The van der Waals surface area contributed by atoms with Crippen molar-refractivity contribution in [3.05, 3.63) is 57.3 Å². The minimum absolute atomic E-state index is 0.0756. The van der Waals surface area contributed by atoms with E-state index >= 15 is 0 Å². The number of benzene rings is 2. The number of carbonyl (C=O) groups excluding carboxylic acids is 1. The molecule has 0 aromatic heterocycles. The summed E-state index contributed by atoms with van der Waals surface area (Å²) < 4.78 is 14.2. The van der Waals surface area contributed by atoms with Gasteiger partial charge in [-0.05, 0) is 36.4 Å². The number of carbonyl (C=O) groups is 1. The smallest absolute Gasteiger partial charge is 0.257 e. The van der Waals surface area contributed by atoms with E-state index < -0.39 is 11.7 Å². The van der Waals surface area contributed by atoms with Crippen molar-refractivity contribution in [3.8, 4) is 0 Å². The molecule has 19 heavy (non-hydrogen) atoms. The first kappa shape index (κ1) is 13.8. The molecule has 2 aromatic rings. The molecule has 0 heterocycles. The number of hydrogen-bond donors (Lipinski definition) is 2. The van der Waals surface area contributed by atoms with Crippen molar-refractivity contribution in [1.82, 2.24) is 0 Å². The van der Waals surface area contributed by atoms with Crippen LogP contribution >= 0.6 is 27.5 Å². The van der Waals surface area contributed by atoms with Gasteiger partial charge in [-0.15, -0.1) is 0 Å². The molecule has 0 aliphatic rings. The van der Waals surface area contributed by atoms with Crippen molar-refractivity contribution in [3.63, 3.8) is 0 Å². The number of rotatable bonds is 2. The third kappa shape index (κ3) is 3.24. The monoisotopic (exact) mass is 342 g/mol. The standard InChI is InChI=1S/C13H9BrClFN2O/c14-7-1-4-12(11(16)5-7)18-13(19)9-6-8(17)2-3-10(9)15/h1-6H,17H2,(H,18,19). The molecule has 3 N–H and O–H groups in total. The Hall–Kier alpha value is -1.59. The first-order valence-electron chi connectivity index (χ1n) is 5.29. The average molecular weight is 344 g/mol. The molecule has 2 rings (SSSR count). The molecule has 98 valence electrons. The Labute approximate surface area is 122 Å². The lowest BCUT2D eigenvalue weighted by Crippen LogP contribution is -2.13. The van der Waals surface area contributed by atoms with Gasteiger partial charge in [0.15, 0.2) is 0 Å². The van der Waals surface area contributed by atoms with Crippen LogP contribution in [0.4, 0.5) is 15.8 Å². The van der Waals surface area contributed by atoms with Crippen molar-refractivity contribution < 1.29 is 9.18 Å². The van der Waals surface area contributed by atoms with Gasteiger partial charge in [0.25, 0.3) is 5.91 Å². The molecule has 0 aliphatic heterocycles. The summed E-state index contributed by atoms with van der Waals surface area (Å²) in [7, 11) is 0. The second-order valence-electron chi connectivity index (χ2n) is 3.82. The fourth-order valence-electron chi connectivity index (χ4n) is 1.50. The molecular weight excluding hydrogens is 335 g/mol. The fourth-order valence-corrected chi connectivity index (χ4v) is 2.03. The first-order chi connectivity index (χ1) is 8.97. The Morgan fingerprint density at radius 2 is 2.00 bits per heavy atom. The Morgan fingerprint density at radius 1 is 1.26 bits per heavy atom. The van der Waals surface area contributed by atoms with E-state index in [2.05, 4.69) is 21.2 Å². The maximum absolute atomic E-state index is 13.6. The lowest BCUT2D eigenvalue weighted by molar-refractivity contribution is 0.102.